The molecule has 0 bridgehead atoms. The molecule has 1 fully saturated rings. The molecular weight excluding hydrogens is 333 g/mol. The van der Waals surface area contributed by atoms with Gasteiger partial charge in [-0.05, 0) is 25.1 Å². The summed E-state index contributed by atoms with van der Waals surface area (Å²) in [7, 11) is 0. The maximum atomic E-state index is 13.6. The van der Waals surface area contributed by atoms with Crippen molar-refractivity contribution >= 4 is 27.9 Å². The fourth-order valence-corrected chi connectivity index (χ4v) is 2.06. The molecule has 0 saturated carbocycles. The predicted molar refractivity (Wildman–Crippen MR) is 71.9 cm³/mol. The standard InChI is InChI=1S/C13H13BrFNO4/c14-8-11(17)19-12(18)13(6-3-7-16-13)20-10-5-2-1-4-9(10)15/h1-2,4-5,16H,3,6-8H2/t13-/m0/s1. The average molecular weight is 346 g/mol. The van der Waals surface area contributed by atoms with Gasteiger partial charge in [0.1, 0.15) is 5.33 Å². The van der Waals surface area contributed by atoms with Crippen molar-refractivity contribution < 1.29 is 23.5 Å². The Morgan fingerprint density at radius 1 is 1.40 bits per heavy atom. The number of benzene rings is 1. The summed E-state index contributed by atoms with van der Waals surface area (Å²) in [6, 6.07) is 5.75. The first kappa shape index (κ1) is 14.9. The molecule has 2 rings (SSSR count). The third-order valence-electron chi connectivity index (χ3n) is 2.88. The number of ether oxygens (including phenoxy) is 2. The largest absolute Gasteiger partial charge is 0.458 e. The highest BCUT2D eigenvalue weighted by molar-refractivity contribution is 9.09. The van der Waals surface area contributed by atoms with Crippen molar-refractivity contribution in [3.63, 3.8) is 0 Å². The van der Waals surface area contributed by atoms with E-state index in [4.69, 9.17) is 4.74 Å². The summed E-state index contributed by atoms with van der Waals surface area (Å²) in [6.07, 6.45) is 0.960. The minimum Gasteiger partial charge on any atom is -0.458 e. The lowest BCUT2D eigenvalue weighted by molar-refractivity contribution is -0.171. The summed E-state index contributed by atoms with van der Waals surface area (Å²) >= 11 is 2.90. The Morgan fingerprint density at radius 3 is 2.75 bits per heavy atom. The second-order valence-corrected chi connectivity index (χ2v) is 4.85. The zero-order valence-electron chi connectivity index (χ0n) is 10.5. The van der Waals surface area contributed by atoms with Gasteiger partial charge in [-0.15, -0.1) is 0 Å². The van der Waals surface area contributed by atoms with Crippen LogP contribution in [0.25, 0.3) is 0 Å². The van der Waals surface area contributed by atoms with E-state index in [1.54, 1.807) is 6.07 Å². The average Bonchev–Trinajstić information content (AvgIpc) is 2.91. The molecule has 1 N–H and O–H groups in total. The molecule has 1 aliphatic heterocycles. The van der Waals surface area contributed by atoms with Gasteiger partial charge >= 0.3 is 11.9 Å². The van der Waals surface area contributed by atoms with Crippen LogP contribution in [-0.4, -0.2) is 29.5 Å². The molecule has 1 aromatic rings. The highest BCUT2D eigenvalue weighted by atomic mass is 79.9. The molecule has 1 atom stereocenters. The van der Waals surface area contributed by atoms with Crippen molar-refractivity contribution in [2.75, 3.05) is 11.9 Å². The van der Waals surface area contributed by atoms with Crippen LogP contribution >= 0.6 is 15.9 Å². The first-order valence-corrected chi connectivity index (χ1v) is 7.19. The normalized spacial score (nSPS) is 21.5. The monoisotopic (exact) mass is 345 g/mol. The first-order chi connectivity index (χ1) is 9.57. The van der Waals surface area contributed by atoms with Gasteiger partial charge in [0, 0.05) is 6.42 Å². The molecule has 0 aromatic heterocycles. The fourth-order valence-electron chi connectivity index (χ4n) is 1.95. The number of halogens is 2. The fraction of sp³-hybridized carbons (Fsp3) is 0.385. The van der Waals surface area contributed by atoms with Gasteiger partial charge in [-0.1, -0.05) is 28.1 Å². The van der Waals surface area contributed by atoms with Crippen LogP contribution < -0.4 is 10.1 Å². The molecule has 0 unspecified atom stereocenters. The Hall–Kier alpha value is -1.47. The van der Waals surface area contributed by atoms with Gasteiger partial charge in [0.05, 0.1) is 0 Å². The lowest BCUT2D eigenvalue weighted by atomic mass is 10.1. The lowest BCUT2D eigenvalue weighted by Crippen LogP contribution is -2.54. The maximum absolute atomic E-state index is 13.6. The van der Waals surface area contributed by atoms with Crippen molar-refractivity contribution in [3.05, 3.63) is 30.1 Å². The zero-order valence-corrected chi connectivity index (χ0v) is 12.1. The molecule has 108 valence electrons. The molecule has 1 heterocycles. The number of rotatable bonds is 4. The number of para-hydroxylation sites is 1. The maximum Gasteiger partial charge on any atom is 0.374 e. The number of carbonyl (C=O) groups excluding carboxylic acids is 2. The van der Waals surface area contributed by atoms with Crippen LogP contribution in [0.15, 0.2) is 24.3 Å². The molecular formula is C13H13BrFNO4. The highest BCUT2D eigenvalue weighted by Gasteiger charge is 2.46. The van der Waals surface area contributed by atoms with Crippen molar-refractivity contribution in [1.29, 1.82) is 0 Å². The molecule has 20 heavy (non-hydrogen) atoms. The van der Waals surface area contributed by atoms with E-state index in [-0.39, 0.29) is 11.1 Å². The molecule has 0 spiro atoms. The molecule has 1 saturated heterocycles. The van der Waals surface area contributed by atoms with Crippen molar-refractivity contribution in [3.8, 4) is 5.75 Å². The van der Waals surface area contributed by atoms with Crippen LogP contribution in [0.3, 0.4) is 0 Å². The number of alkyl halides is 1. The topological polar surface area (TPSA) is 64.6 Å². The van der Waals surface area contributed by atoms with E-state index in [1.165, 1.54) is 18.2 Å². The van der Waals surface area contributed by atoms with E-state index >= 15 is 0 Å². The number of nitrogens with one attached hydrogen (secondary N) is 1. The summed E-state index contributed by atoms with van der Waals surface area (Å²) < 4.78 is 23.8. The van der Waals surface area contributed by atoms with Gasteiger partial charge in [-0.2, -0.15) is 0 Å². The highest BCUT2D eigenvalue weighted by Crippen LogP contribution is 2.27. The van der Waals surface area contributed by atoms with Gasteiger partial charge in [-0.25, -0.2) is 9.18 Å². The van der Waals surface area contributed by atoms with E-state index < -0.39 is 23.5 Å². The summed E-state index contributed by atoms with van der Waals surface area (Å²) in [4.78, 5) is 23.3. The van der Waals surface area contributed by atoms with Crippen LogP contribution in [0.5, 0.6) is 5.75 Å². The Morgan fingerprint density at radius 2 is 2.15 bits per heavy atom. The Balaban J connectivity index is 2.20. The summed E-state index contributed by atoms with van der Waals surface area (Å²) in [6.45, 7) is 0.520. The molecule has 0 radical (unpaired) electrons. The van der Waals surface area contributed by atoms with Crippen LogP contribution in [0, 0.1) is 5.82 Å². The van der Waals surface area contributed by atoms with Gasteiger partial charge in [0.25, 0.3) is 5.72 Å². The summed E-state index contributed by atoms with van der Waals surface area (Å²) in [5.41, 5.74) is -1.51. The first-order valence-electron chi connectivity index (χ1n) is 6.07. The second kappa shape index (κ2) is 6.32. The minimum absolute atomic E-state index is 0.0647. The predicted octanol–water partition coefficient (Wildman–Crippen LogP) is 1.75. The third-order valence-corrected chi connectivity index (χ3v) is 3.34. The van der Waals surface area contributed by atoms with E-state index in [1.807, 2.05) is 0 Å². The second-order valence-electron chi connectivity index (χ2n) is 4.28. The van der Waals surface area contributed by atoms with Crippen molar-refractivity contribution in [1.82, 2.24) is 5.32 Å². The Kier molecular flexibility index (Phi) is 4.72. The number of hydrogen-bond donors (Lipinski definition) is 1. The van der Waals surface area contributed by atoms with E-state index in [2.05, 4.69) is 26.0 Å². The van der Waals surface area contributed by atoms with Crippen LogP contribution in [0.4, 0.5) is 4.39 Å². The van der Waals surface area contributed by atoms with Crippen LogP contribution in [-0.2, 0) is 14.3 Å². The van der Waals surface area contributed by atoms with Gasteiger partial charge in [0.15, 0.2) is 11.6 Å². The van der Waals surface area contributed by atoms with Crippen molar-refractivity contribution in [2.24, 2.45) is 0 Å². The van der Waals surface area contributed by atoms with Gasteiger partial charge in [0.2, 0.25) is 0 Å². The molecule has 5 nitrogen and oxygen atoms in total. The van der Waals surface area contributed by atoms with Gasteiger partial charge in [-0.3, -0.25) is 10.1 Å². The van der Waals surface area contributed by atoms with Crippen molar-refractivity contribution in [2.45, 2.75) is 18.6 Å². The molecule has 1 aliphatic rings. The molecule has 0 aliphatic carbocycles. The van der Waals surface area contributed by atoms with Gasteiger partial charge < -0.3 is 9.47 Å². The number of esters is 2. The zero-order chi connectivity index (χ0) is 14.6. The van der Waals surface area contributed by atoms with E-state index in [9.17, 15) is 14.0 Å². The third kappa shape index (κ3) is 3.16. The van der Waals surface area contributed by atoms with E-state index in [0.717, 1.165) is 0 Å². The SMILES string of the molecule is O=C(CBr)OC(=O)[C@@]1(Oc2ccccc2F)CCCN1. The van der Waals surface area contributed by atoms with Crippen LogP contribution in [0.2, 0.25) is 0 Å². The number of hydrogen-bond acceptors (Lipinski definition) is 5. The smallest absolute Gasteiger partial charge is 0.374 e. The minimum atomic E-state index is -1.51. The Labute approximate surface area is 123 Å². The summed E-state index contributed by atoms with van der Waals surface area (Å²) in [5, 5.41) is 2.74. The lowest BCUT2D eigenvalue weighted by Gasteiger charge is -2.27. The van der Waals surface area contributed by atoms with Crippen LogP contribution in [0.1, 0.15) is 12.8 Å². The Bertz CT molecular complexity index is 517. The molecule has 0 amide bonds. The summed E-state index contributed by atoms with van der Waals surface area (Å²) in [5.74, 6) is -2.23. The molecule has 1 aromatic carbocycles. The quantitative estimate of drug-likeness (QED) is 0.511. The van der Waals surface area contributed by atoms with E-state index in [0.29, 0.717) is 19.4 Å². The number of carbonyl (C=O) groups is 2. The molecule has 7 heteroatoms.